The van der Waals surface area contributed by atoms with E-state index in [1.54, 1.807) is 0 Å². The second-order valence-electron chi connectivity index (χ2n) is 4.84. The summed E-state index contributed by atoms with van der Waals surface area (Å²) in [5.41, 5.74) is 0.782. The fourth-order valence-electron chi connectivity index (χ4n) is 2.49. The minimum absolute atomic E-state index is 0.250. The van der Waals surface area contributed by atoms with Crippen LogP contribution in [0.5, 0.6) is 0 Å². The third kappa shape index (κ3) is 4.05. The van der Waals surface area contributed by atoms with E-state index >= 15 is 0 Å². The Labute approximate surface area is 109 Å². The molecule has 0 heterocycles. The zero-order valence-electron chi connectivity index (χ0n) is 11.5. The molecule has 3 heteroatoms. The SMILES string of the molecule is CCC.CNC1CCC[C@@H]1c1cc(F)cc(F)c1. The maximum Gasteiger partial charge on any atom is 0.126 e. The first-order valence-electron chi connectivity index (χ1n) is 6.75. The molecule has 1 fully saturated rings. The predicted octanol–water partition coefficient (Wildman–Crippen LogP) is 4.24. The summed E-state index contributed by atoms with van der Waals surface area (Å²) in [6.07, 6.45) is 4.46. The predicted molar refractivity (Wildman–Crippen MR) is 71.8 cm³/mol. The van der Waals surface area contributed by atoms with E-state index in [0.717, 1.165) is 30.9 Å². The van der Waals surface area contributed by atoms with Gasteiger partial charge < -0.3 is 5.32 Å². The minimum atomic E-state index is -0.480. The van der Waals surface area contributed by atoms with Crippen LogP contribution in [0.1, 0.15) is 51.0 Å². The summed E-state index contributed by atoms with van der Waals surface area (Å²) >= 11 is 0. The molecule has 18 heavy (non-hydrogen) atoms. The second-order valence-corrected chi connectivity index (χ2v) is 4.84. The standard InChI is InChI=1S/C12H15F2N.C3H8/c1-15-12-4-2-3-11(12)8-5-9(13)7-10(14)6-8;1-3-2/h5-7,11-12,15H,2-4H2,1H3;3H2,1-2H3/t11-,12?;/m1./s1. The van der Waals surface area contributed by atoms with Crippen molar-refractivity contribution in [2.24, 2.45) is 0 Å². The fraction of sp³-hybridized carbons (Fsp3) is 0.600. The molecule has 1 aliphatic rings. The summed E-state index contributed by atoms with van der Waals surface area (Å²) in [6.45, 7) is 4.25. The number of rotatable bonds is 2. The van der Waals surface area contributed by atoms with Crippen molar-refractivity contribution in [3.05, 3.63) is 35.4 Å². The van der Waals surface area contributed by atoms with Crippen LogP contribution >= 0.6 is 0 Å². The molecule has 1 saturated carbocycles. The van der Waals surface area contributed by atoms with Crippen LogP contribution in [0, 0.1) is 11.6 Å². The third-order valence-electron chi connectivity index (χ3n) is 3.20. The van der Waals surface area contributed by atoms with Crippen LogP contribution in [0.3, 0.4) is 0 Å². The third-order valence-corrected chi connectivity index (χ3v) is 3.20. The lowest BCUT2D eigenvalue weighted by Gasteiger charge is -2.19. The normalized spacial score (nSPS) is 22.5. The molecule has 2 atom stereocenters. The second kappa shape index (κ2) is 7.47. The van der Waals surface area contributed by atoms with Crippen LogP contribution in [0.25, 0.3) is 0 Å². The average molecular weight is 255 g/mol. The first kappa shape index (κ1) is 15.1. The molecular weight excluding hydrogens is 232 g/mol. The van der Waals surface area contributed by atoms with Crippen LogP contribution in [-0.2, 0) is 0 Å². The summed E-state index contributed by atoms with van der Waals surface area (Å²) in [5, 5.41) is 3.21. The molecule has 102 valence electrons. The summed E-state index contributed by atoms with van der Waals surface area (Å²) in [5.74, 6) is -0.710. The quantitative estimate of drug-likeness (QED) is 0.833. The lowest BCUT2D eigenvalue weighted by atomic mass is 9.94. The largest absolute Gasteiger partial charge is 0.316 e. The van der Waals surface area contributed by atoms with Gasteiger partial charge >= 0.3 is 0 Å². The highest BCUT2D eigenvalue weighted by molar-refractivity contribution is 5.24. The molecule has 0 radical (unpaired) electrons. The van der Waals surface area contributed by atoms with Gasteiger partial charge in [0.15, 0.2) is 0 Å². The Balaban J connectivity index is 0.000000492. The van der Waals surface area contributed by atoms with Crippen LogP contribution < -0.4 is 5.32 Å². The van der Waals surface area contributed by atoms with E-state index in [2.05, 4.69) is 19.2 Å². The van der Waals surface area contributed by atoms with Crippen molar-refractivity contribution in [2.75, 3.05) is 7.05 Å². The minimum Gasteiger partial charge on any atom is -0.316 e. The molecule has 1 aromatic rings. The Morgan fingerprint density at radius 1 is 1.11 bits per heavy atom. The monoisotopic (exact) mass is 255 g/mol. The highest BCUT2D eigenvalue weighted by Crippen LogP contribution is 2.34. The molecular formula is C15H23F2N. The van der Waals surface area contributed by atoms with Crippen molar-refractivity contribution in [2.45, 2.75) is 51.5 Å². The van der Waals surface area contributed by atoms with E-state index in [1.807, 2.05) is 7.05 Å². The zero-order valence-corrected chi connectivity index (χ0v) is 11.5. The van der Waals surface area contributed by atoms with Gasteiger partial charge in [-0.15, -0.1) is 0 Å². The van der Waals surface area contributed by atoms with Crippen molar-refractivity contribution in [3.8, 4) is 0 Å². The summed E-state index contributed by atoms with van der Waals surface area (Å²) in [4.78, 5) is 0. The molecule has 0 spiro atoms. The topological polar surface area (TPSA) is 12.0 Å². The van der Waals surface area contributed by atoms with Gasteiger partial charge in [-0.1, -0.05) is 26.7 Å². The van der Waals surface area contributed by atoms with Gasteiger partial charge in [0.25, 0.3) is 0 Å². The van der Waals surface area contributed by atoms with Crippen LogP contribution in [0.4, 0.5) is 8.78 Å². The molecule has 1 nitrogen and oxygen atoms in total. The molecule has 0 bridgehead atoms. The van der Waals surface area contributed by atoms with Gasteiger partial charge in [0.2, 0.25) is 0 Å². The summed E-state index contributed by atoms with van der Waals surface area (Å²) < 4.78 is 26.1. The highest BCUT2D eigenvalue weighted by atomic mass is 19.1. The first-order valence-corrected chi connectivity index (χ1v) is 6.75. The van der Waals surface area contributed by atoms with Crippen LogP contribution in [0.2, 0.25) is 0 Å². The molecule has 1 aliphatic carbocycles. The van der Waals surface area contributed by atoms with Crippen molar-refractivity contribution < 1.29 is 8.78 Å². The number of nitrogens with one attached hydrogen (secondary N) is 1. The number of hydrogen-bond donors (Lipinski definition) is 1. The summed E-state index contributed by atoms with van der Waals surface area (Å²) in [7, 11) is 1.90. The Kier molecular flexibility index (Phi) is 6.27. The average Bonchev–Trinajstić information content (AvgIpc) is 2.76. The Morgan fingerprint density at radius 3 is 2.17 bits per heavy atom. The van der Waals surface area contributed by atoms with E-state index in [1.165, 1.54) is 18.6 Å². The van der Waals surface area contributed by atoms with Crippen molar-refractivity contribution in [1.82, 2.24) is 5.32 Å². The fourth-order valence-corrected chi connectivity index (χ4v) is 2.49. The van der Waals surface area contributed by atoms with E-state index in [9.17, 15) is 8.78 Å². The Bertz CT molecular complexity index is 345. The molecule has 1 unspecified atom stereocenters. The van der Waals surface area contributed by atoms with E-state index < -0.39 is 11.6 Å². The van der Waals surface area contributed by atoms with Gasteiger partial charge in [-0.25, -0.2) is 8.78 Å². The van der Waals surface area contributed by atoms with E-state index in [-0.39, 0.29) is 5.92 Å². The Hall–Kier alpha value is -0.960. The van der Waals surface area contributed by atoms with Crippen LogP contribution in [-0.4, -0.2) is 13.1 Å². The maximum atomic E-state index is 13.1. The molecule has 0 amide bonds. The highest BCUT2D eigenvalue weighted by Gasteiger charge is 2.27. The zero-order chi connectivity index (χ0) is 13.5. The van der Waals surface area contributed by atoms with Crippen molar-refractivity contribution in [1.29, 1.82) is 0 Å². The molecule has 0 aromatic heterocycles. The van der Waals surface area contributed by atoms with Gasteiger partial charge in [0, 0.05) is 12.1 Å². The Morgan fingerprint density at radius 2 is 1.67 bits per heavy atom. The van der Waals surface area contributed by atoms with Gasteiger partial charge in [-0.2, -0.15) is 0 Å². The van der Waals surface area contributed by atoms with Crippen molar-refractivity contribution in [3.63, 3.8) is 0 Å². The number of halogens is 2. The van der Waals surface area contributed by atoms with E-state index in [4.69, 9.17) is 0 Å². The molecule has 0 saturated heterocycles. The first-order chi connectivity index (χ1) is 8.62. The van der Waals surface area contributed by atoms with Crippen LogP contribution in [0.15, 0.2) is 18.2 Å². The maximum absolute atomic E-state index is 13.1. The lowest BCUT2D eigenvalue weighted by molar-refractivity contribution is 0.512. The van der Waals surface area contributed by atoms with Gasteiger partial charge in [0.05, 0.1) is 0 Å². The number of likely N-dealkylation sites (N-methyl/N-ethyl adjacent to an activating group) is 1. The van der Waals surface area contributed by atoms with Gasteiger partial charge in [-0.05, 0) is 43.5 Å². The molecule has 0 aliphatic heterocycles. The molecule has 2 rings (SSSR count). The van der Waals surface area contributed by atoms with Crippen molar-refractivity contribution >= 4 is 0 Å². The molecule has 1 N–H and O–H groups in total. The number of benzene rings is 1. The smallest absolute Gasteiger partial charge is 0.126 e. The van der Waals surface area contributed by atoms with Gasteiger partial charge in [0.1, 0.15) is 11.6 Å². The molecule has 1 aromatic carbocycles. The summed E-state index contributed by atoms with van der Waals surface area (Å²) in [6, 6.07) is 4.17. The number of hydrogen-bond acceptors (Lipinski definition) is 1. The lowest BCUT2D eigenvalue weighted by Crippen LogP contribution is -2.27. The van der Waals surface area contributed by atoms with Gasteiger partial charge in [-0.3, -0.25) is 0 Å². The van der Waals surface area contributed by atoms with E-state index in [0.29, 0.717) is 6.04 Å².